The van der Waals surface area contributed by atoms with Gasteiger partial charge in [-0.3, -0.25) is 0 Å². The molecule has 9 heteroatoms. The van der Waals surface area contributed by atoms with Crippen LogP contribution in [0.15, 0.2) is 29.2 Å². The molecule has 5 nitrogen and oxygen atoms in total. The highest BCUT2D eigenvalue weighted by Gasteiger charge is 2.39. The summed E-state index contributed by atoms with van der Waals surface area (Å²) in [6.07, 6.45) is -3.60. The van der Waals surface area contributed by atoms with E-state index in [1.807, 2.05) is 0 Å². The van der Waals surface area contributed by atoms with Crippen molar-refractivity contribution in [3.63, 3.8) is 0 Å². The molecule has 1 atom stereocenters. The van der Waals surface area contributed by atoms with Gasteiger partial charge in [0, 0.05) is 19.1 Å². The highest BCUT2D eigenvalue weighted by atomic mass is 32.2. The molecule has 1 aromatic rings. The van der Waals surface area contributed by atoms with Crippen LogP contribution < -0.4 is 10.1 Å². The van der Waals surface area contributed by atoms with Gasteiger partial charge in [0.15, 0.2) is 0 Å². The van der Waals surface area contributed by atoms with Crippen LogP contribution in [0.2, 0.25) is 0 Å². The van der Waals surface area contributed by atoms with Crippen LogP contribution in [0.3, 0.4) is 0 Å². The fourth-order valence-corrected chi connectivity index (χ4v) is 4.37. The summed E-state index contributed by atoms with van der Waals surface area (Å²) in [6.45, 7) is 0.733. The molecular weight excluding hydrogens is 321 g/mol. The molecule has 0 bridgehead atoms. The third-order valence-corrected chi connectivity index (χ3v) is 5.42. The molecule has 1 saturated heterocycles. The number of para-hydroxylation sites is 1. The summed E-state index contributed by atoms with van der Waals surface area (Å²) >= 11 is 0. The highest BCUT2D eigenvalue weighted by molar-refractivity contribution is 7.89. The van der Waals surface area contributed by atoms with E-state index in [0.717, 1.165) is 12.1 Å². The molecule has 1 unspecified atom stereocenters. The first-order valence-electron chi connectivity index (χ1n) is 6.77. The van der Waals surface area contributed by atoms with E-state index in [4.69, 9.17) is 0 Å². The lowest BCUT2D eigenvalue weighted by molar-refractivity contribution is -0.275. The number of benzene rings is 1. The number of likely N-dealkylation sites (N-methyl/N-ethyl adjacent to an activating group) is 1. The molecule has 124 valence electrons. The third kappa shape index (κ3) is 3.71. The number of alkyl halides is 3. The Bertz CT molecular complexity index is 619. The molecule has 0 radical (unpaired) electrons. The number of ether oxygens (including phenoxy) is 1. The standard InChI is InChI=1S/C13H17F3N2O3S/c1-17-9-10-5-4-8-18(10)22(19,20)12-7-3-2-6-11(12)21-13(14,15)16/h2-3,6-7,10,17H,4-5,8-9H2,1H3. The molecule has 0 amide bonds. The Morgan fingerprint density at radius 1 is 1.36 bits per heavy atom. The molecule has 1 heterocycles. The van der Waals surface area contributed by atoms with Gasteiger partial charge in [0.05, 0.1) is 0 Å². The van der Waals surface area contributed by atoms with Gasteiger partial charge in [-0.05, 0) is 32.0 Å². The Kier molecular flexibility index (Phi) is 4.98. The normalized spacial score (nSPS) is 20.3. The minimum atomic E-state index is -4.94. The van der Waals surface area contributed by atoms with Crippen LogP contribution in [0.5, 0.6) is 5.75 Å². The van der Waals surface area contributed by atoms with E-state index in [9.17, 15) is 21.6 Å². The minimum absolute atomic E-state index is 0.269. The zero-order chi connectivity index (χ0) is 16.4. The van der Waals surface area contributed by atoms with Gasteiger partial charge in [0.1, 0.15) is 10.6 Å². The van der Waals surface area contributed by atoms with Gasteiger partial charge < -0.3 is 10.1 Å². The summed E-state index contributed by atoms with van der Waals surface area (Å²) in [6, 6.07) is 4.54. The second kappa shape index (κ2) is 6.43. The SMILES string of the molecule is CNCC1CCCN1S(=O)(=O)c1ccccc1OC(F)(F)F. The Hall–Kier alpha value is -1.32. The van der Waals surface area contributed by atoms with Crippen LogP contribution in [0, 0.1) is 0 Å². The predicted molar refractivity (Wildman–Crippen MR) is 74.0 cm³/mol. The Balaban J connectivity index is 2.37. The Morgan fingerprint density at radius 3 is 2.68 bits per heavy atom. The van der Waals surface area contributed by atoms with E-state index in [1.165, 1.54) is 16.4 Å². The largest absolute Gasteiger partial charge is 0.573 e. The molecule has 0 aliphatic carbocycles. The molecule has 2 rings (SSSR count). The van der Waals surface area contributed by atoms with Crippen molar-refractivity contribution in [3.8, 4) is 5.75 Å². The van der Waals surface area contributed by atoms with Crippen molar-refractivity contribution in [2.45, 2.75) is 30.1 Å². The molecule has 0 aromatic heterocycles. The average molecular weight is 338 g/mol. The number of rotatable bonds is 5. The van der Waals surface area contributed by atoms with Gasteiger partial charge >= 0.3 is 6.36 Å². The summed E-state index contributed by atoms with van der Waals surface area (Å²) in [5, 5.41) is 2.90. The molecule has 1 N–H and O–H groups in total. The summed E-state index contributed by atoms with van der Waals surface area (Å²) in [5.41, 5.74) is 0. The lowest BCUT2D eigenvalue weighted by Crippen LogP contribution is -2.41. The van der Waals surface area contributed by atoms with E-state index in [2.05, 4.69) is 10.1 Å². The maximum atomic E-state index is 12.7. The Morgan fingerprint density at radius 2 is 2.05 bits per heavy atom. The fourth-order valence-electron chi connectivity index (χ4n) is 2.56. The molecule has 22 heavy (non-hydrogen) atoms. The predicted octanol–water partition coefficient (Wildman–Crippen LogP) is 1.96. The molecule has 1 aliphatic heterocycles. The first-order chi connectivity index (χ1) is 10.3. The van der Waals surface area contributed by atoms with Crippen LogP contribution in [-0.4, -0.2) is 45.3 Å². The lowest BCUT2D eigenvalue weighted by Gasteiger charge is -2.25. The number of halogens is 3. The minimum Gasteiger partial charge on any atom is -0.404 e. The van der Waals surface area contributed by atoms with E-state index in [0.29, 0.717) is 19.4 Å². The van der Waals surface area contributed by atoms with Crippen molar-refractivity contribution in [1.82, 2.24) is 9.62 Å². The Labute approximate surface area is 127 Å². The maximum absolute atomic E-state index is 12.7. The van der Waals surface area contributed by atoms with Crippen LogP contribution >= 0.6 is 0 Å². The summed E-state index contributed by atoms with van der Waals surface area (Å²) in [4.78, 5) is -0.463. The van der Waals surface area contributed by atoms with Crippen molar-refractivity contribution >= 4 is 10.0 Å². The number of nitrogens with zero attached hydrogens (tertiary/aromatic N) is 1. The van der Waals surface area contributed by atoms with Crippen molar-refractivity contribution in [2.75, 3.05) is 20.1 Å². The number of sulfonamides is 1. The zero-order valence-corrected chi connectivity index (χ0v) is 12.7. The van der Waals surface area contributed by atoms with E-state index in [1.54, 1.807) is 7.05 Å². The van der Waals surface area contributed by atoms with Crippen LogP contribution in [0.25, 0.3) is 0 Å². The maximum Gasteiger partial charge on any atom is 0.573 e. The molecule has 0 spiro atoms. The summed E-state index contributed by atoms with van der Waals surface area (Å²) in [7, 11) is -2.35. The third-order valence-electron chi connectivity index (χ3n) is 3.42. The van der Waals surface area contributed by atoms with Gasteiger partial charge in [-0.15, -0.1) is 13.2 Å². The van der Waals surface area contributed by atoms with Gasteiger partial charge in [0.2, 0.25) is 10.0 Å². The first kappa shape index (κ1) is 17.0. The van der Waals surface area contributed by atoms with Crippen molar-refractivity contribution < 1.29 is 26.3 Å². The van der Waals surface area contributed by atoms with Crippen LogP contribution in [0.1, 0.15) is 12.8 Å². The number of nitrogens with one attached hydrogen (secondary N) is 1. The lowest BCUT2D eigenvalue weighted by atomic mass is 10.2. The molecule has 0 saturated carbocycles. The quantitative estimate of drug-likeness (QED) is 0.892. The van der Waals surface area contributed by atoms with Gasteiger partial charge in [-0.2, -0.15) is 4.31 Å². The van der Waals surface area contributed by atoms with Gasteiger partial charge in [-0.1, -0.05) is 12.1 Å². The summed E-state index contributed by atoms with van der Waals surface area (Å²) in [5.74, 6) is -0.704. The van der Waals surface area contributed by atoms with E-state index >= 15 is 0 Å². The molecular formula is C13H17F3N2O3S. The average Bonchev–Trinajstić information content (AvgIpc) is 2.87. The van der Waals surface area contributed by atoms with E-state index in [-0.39, 0.29) is 12.6 Å². The fraction of sp³-hybridized carbons (Fsp3) is 0.538. The van der Waals surface area contributed by atoms with Crippen LogP contribution in [0.4, 0.5) is 13.2 Å². The van der Waals surface area contributed by atoms with E-state index < -0.39 is 27.0 Å². The number of hydrogen-bond acceptors (Lipinski definition) is 4. The van der Waals surface area contributed by atoms with Crippen molar-refractivity contribution in [3.05, 3.63) is 24.3 Å². The van der Waals surface area contributed by atoms with Gasteiger partial charge in [0.25, 0.3) is 0 Å². The molecule has 1 aromatic carbocycles. The number of hydrogen-bond donors (Lipinski definition) is 1. The zero-order valence-electron chi connectivity index (χ0n) is 11.9. The monoisotopic (exact) mass is 338 g/mol. The summed E-state index contributed by atoms with van der Waals surface area (Å²) < 4.78 is 67.8. The van der Waals surface area contributed by atoms with Crippen molar-refractivity contribution in [2.24, 2.45) is 0 Å². The van der Waals surface area contributed by atoms with Crippen molar-refractivity contribution in [1.29, 1.82) is 0 Å². The first-order valence-corrected chi connectivity index (χ1v) is 8.21. The topological polar surface area (TPSA) is 58.6 Å². The molecule has 1 fully saturated rings. The second-order valence-electron chi connectivity index (χ2n) is 4.96. The van der Waals surface area contributed by atoms with Crippen LogP contribution in [-0.2, 0) is 10.0 Å². The second-order valence-corrected chi connectivity index (χ2v) is 6.82. The highest BCUT2D eigenvalue weighted by Crippen LogP contribution is 2.33. The molecule has 1 aliphatic rings. The smallest absolute Gasteiger partial charge is 0.404 e. The van der Waals surface area contributed by atoms with Gasteiger partial charge in [-0.25, -0.2) is 8.42 Å².